The summed E-state index contributed by atoms with van der Waals surface area (Å²) in [5, 5.41) is 2.12. The van der Waals surface area contributed by atoms with Gasteiger partial charge in [-0.25, -0.2) is 4.79 Å². The van der Waals surface area contributed by atoms with Gasteiger partial charge in [0.2, 0.25) is 0 Å². The maximum atomic E-state index is 12.2. The number of rotatable bonds is 6. The van der Waals surface area contributed by atoms with Crippen LogP contribution in [0.2, 0.25) is 0 Å². The third-order valence-corrected chi connectivity index (χ3v) is 5.34. The molecule has 0 atom stereocenters. The summed E-state index contributed by atoms with van der Waals surface area (Å²) in [5.41, 5.74) is 0.889. The maximum absolute atomic E-state index is 12.2. The number of ether oxygens (including phenoxy) is 2. The predicted molar refractivity (Wildman–Crippen MR) is 110 cm³/mol. The second-order valence-corrected chi connectivity index (χ2v) is 7.21. The fourth-order valence-corrected chi connectivity index (χ4v) is 3.59. The predicted octanol–water partition coefficient (Wildman–Crippen LogP) is 4.20. The minimum Gasteiger partial charge on any atom is -0.497 e. The summed E-state index contributed by atoms with van der Waals surface area (Å²) in [4.78, 5) is 25.9. The molecule has 5 heteroatoms. The molecular weight excluding hydrogens is 354 g/mol. The normalized spacial score (nSPS) is 14.9. The first-order valence-corrected chi connectivity index (χ1v) is 9.75. The van der Waals surface area contributed by atoms with Gasteiger partial charge in [-0.1, -0.05) is 37.5 Å². The quantitative estimate of drug-likeness (QED) is 0.556. The second kappa shape index (κ2) is 9.40. The van der Waals surface area contributed by atoms with Crippen LogP contribution in [-0.2, 0) is 14.3 Å². The molecule has 1 saturated carbocycles. The van der Waals surface area contributed by atoms with Crippen LogP contribution in [0.15, 0.2) is 42.5 Å². The van der Waals surface area contributed by atoms with Crippen LogP contribution in [0, 0.1) is 0 Å². The van der Waals surface area contributed by atoms with E-state index in [0.717, 1.165) is 47.8 Å². The van der Waals surface area contributed by atoms with Gasteiger partial charge in [0.1, 0.15) is 5.75 Å². The van der Waals surface area contributed by atoms with Crippen molar-refractivity contribution in [2.75, 3.05) is 20.8 Å². The standard InChI is InChI=1S/C23H27NO4/c1-24(20-6-4-3-5-7-20)22(25)16-28-23(26)13-9-17-8-10-19-15-21(27-2)12-11-18(19)14-17/h8-15,20H,3-7,16H2,1-2H3/b13-9+. The Morgan fingerprint density at radius 2 is 1.79 bits per heavy atom. The molecule has 0 spiro atoms. The van der Waals surface area contributed by atoms with Gasteiger partial charge in [0.05, 0.1) is 7.11 Å². The van der Waals surface area contributed by atoms with Crippen molar-refractivity contribution in [1.82, 2.24) is 4.90 Å². The first-order chi connectivity index (χ1) is 13.6. The lowest BCUT2D eigenvalue weighted by atomic mass is 9.94. The molecule has 1 fully saturated rings. The highest BCUT2D eigenvalue weighted by Crippen LogP contribution is 2.23. The molecule has 3 rings (SSSR count). The summed E-state index contributed by atoms with van der Waals surface area (Å²) in [7, 11) is 3.44. The molecule has 0 saturated heterocycles. The number of hydrogen-bond donors (Lipinski definition) is 0. The van der Waals surface area contributed by atoms with Gasteiger partial charge < -0.3 is 14.4 Å². The molecule has 148 valence electrons. The van der Waals surface area contributed by atoms with E-state index in [2.05, 4.69) is 0 Å². The molecule has 0 bridgehead atoms. The van der Waals surface area contributed by atoms with Crippen LogP contribution in [-0.4, -0.2) is 43.6 Å². The van der Waals surface area contributed by atoms with Crippen LogP contribution in [0.25, 0.3) is 16.8 Å². The largest absolute Gasteiger partial charge is 0.497 e. The number of carbonyl (C=O) groups is 2. The zero-order valence-corrected chi connectivity index (χ0v) is 16.5. The van der Waals surface area contributed by atoms with Gasteiger partial charge in [-0.2, -0.15) is 0 Å². The van der Waals surface area contributed by atoms with Crippen LogP contribution in [0.1, 0.15) is 37.7 Å². The number of methoxy groups -OCH3 is 1. The molecule has 0 heterocycles. The number of hydrogen-bond acceptors (Lipinski definition) is 4. The highest BCUT2D eigenvalue weighted by Gasteiger charge is 2.22. The van der Waals surface area contributed by atoms with E-state index < -0.39 is 5.97 Å². The summed E-state index contributed by atoms with van der Waals surface area (Å²) in [5.74, 6) is 0.149. The average Bonchev–Trinajstić information content (AvgIpc) is 2.75. The van der Waals surface area contributed by atoms with Gasteiger partial charge in [-0.05, 0) is 53.5 Å². The van der Waals surface area contributed by atoms with Gasteiger partial charge in [-0.3, -0.25) is 4.79 Å². The van der Waals surface area contributed by atoms with E-state index in [-0.39, 0.29) is 18.6 Å². The fraction of sp³-hybridized carbons (Fsp3) is 0.391. The zero-order valence-electron chi connectivity index (χ0n) is 16.5. The first-order valence-electron chi connectivity index (χ1n) is 9.75. The minimum absolute atomic E-state index is 0.145. The van der Waals surface area contributed by atoms with Crippen molar-refractivity contribution in [2.24, 2.45) is 0 Å². The van der Waals surface area contributed by atoms with Gasteiger partial charge in [0.25, 0.3) is 5.91 Å². The number of amides is 1. The number of esters is 1. The lowest BCUT2D eigenvalue weighted by molar-refractivity contribution is -0.148. The molecule has 0 unspecified atom stereocenters. The number of nitrogens with zero attached hydrogens (tertiary/aromatic N) is 1. The van der Waals surface area contributed by atoms with E-state index in [9.17, 15) is 9.59 Å². The Hall–Kier alpha value is -2.82. The number of likely N-dealkylation sites (N-methyl/N-ethyl adjacent to an activating group) is 1. The Bertz CT molecular complexity index is 868. The number of fused-ring (bicyclic) bond motifs is 1. The number of carbonyl (C=O) groups excluding carboxylic acids is 2. The van der Waals surface area contributed by atoms with E-state index >= 15 is 0 Å². The van der Waals surface area contributed by atoms with Crippen molar-refractivity contribution in [3.05, 3.63) is 48.0 Å². The highest BCUT2D eigenvalue weighted by atomic mass is 16.5. The topological polar surface area (TPSA) is 55.8 Å². The molecule has 28 heavy (non-hydrogen) atoms. The Morgan fingerprint density at radius 3 is 2.54 bits per heavy atom. The molecular formula is C23H27NO4. The monoisotopic (exact) mass is 381 g/mol. The van der Waals surface area contributed by atoms with Crippen molar-refractivity contribution in [3.8, 4) is 5.75 Å². The Kier molecular flexibility index (Phi) is 6.69. The second-order valence-electron chi connectivity index (χ2n) is 7.21. The van der Waals surface area contributed by atoms with E-state index in [1.165, 1.54) is 12.5 Å². The van der Waals surface area contributed by atoms with Crippen molar-refractivity contribution in [3.63, 3.8) is 0 Å². The van der Waals surface area contributed by atoms with Crippen LogP contribution in [0.3, 0.4) is 0 Å². The van der Waals surface area contributed by atoms with Crippen LogP contribution >= 0.6 is 0 Å². The van der Waals surface area contributed by atoms with Crippen LogP contribution < -0.4 is 4.74 Å². The van der Waals surface area contributed by atoms with E-state index in [0.29, 0.717) is 0 Å². The molecule has 2 aromatic carbocycles. The minimum atomic E-state index is -0.514. The molecule has 1 aliphatic rings. The lowest BCUT2D eigenvalue weighted by Crippen LogP contribution is -2.40. The molecule has 0 N–H and O–H groups in total. The Balaban J connectivity index is 1.53. The summed E-state index contributed by atoms with van der Waals surface area (Å²) in [6.45, 7) is -0.215. The molecule has 0 aromatic heterocycles. The first kappa shape index (κ1) is 19.9. The van der Waals surface area contributed by atoms with Gasteiger partial charge in [-0.15, -0.1) is 0 Å². The van der Waals surface area contributed by atoms with Crippen molar-refractivity contribution >= 4 is 28.7 Å². The van der Waals surface area contributed by atoms with Gasteiger partial charge in [0, 0.05) is 19.2 Å². The maximum Gasteiger partial charge on any atom is 0.331 e. The number of benzene rings is 2. The Morgan fingerprint density at radius 1 is 1.07 bits per heavy atom. The van der Waals surface area contributed by atoms with Crippen molar-refractivity contribution < 1.29 is 19.1 Å². The average molecular weight is 381 g/mol. The fourth-order valence-electron chi connectivity index (χ4n) is 3.59. The van der Waals surface area contributed by atoms with Gasteiger partial charge in [0.15, 0.2) is 6.61 Å². The van der Waals surface area contributed by atoms with E-state index in [1.54, 1.807) is 25.1 Å². The molecule has 2 aromatic rings. The van der Waals surface area contributed by atoms with E-state index in [4.69, 9.17) is 9.47 Å². The third-order valence-electron chi connectivity index (χ3n) is 5.34. The summed E-state index contributed by atoms with van der Waals surface area (Å²) >= 11 is 0. The highest BCUT2D eigenvalue weighted by molar-refractivity contribution is 5.91. The zero-order chi connectivity index (χ0) is 19.9. The lowest BCUT2D eigenvalue weighted by Gasteiger charge is -2.31. The molecule has 1 amide bonds. The summed E-state index contributed by atoms with van der Waals surface area (Å²) in [6.07, 6.45) is 8.67. The third kappa shape index (κ3) is 5.12. The van der Waals surface area contributed by atoms with E-state index in [1.807, 2.05) is 36.4 Å². The van der Waals surface area contributed by atoms with Crippen molar-refractivity contribution in [1.29, 1.82) is 0 Å². The molecule has 1 aliphatic carbocycles. The van der Waals surface area contributed by atoms with Crippen molar-refractivity contribution in [2.45, 2.75) is 38.1 Å². The Labute approximate surface area is 165 Å². The molecule has 5 nitrogen and oxygen atoms in total. The summed E-state index contributed by atoms with van der Waals surface area (Å²) in [6, 6.07) is 12.0. The summed E-state index contributed by atoms with van der Waals surface area (Å²) < 4.78 is 10.3. The molecule has 0 aliphatic heterocycles. The SMILES string of the molecule is COc1ccc2cc(/C=C/C(=O)OCC(=O)N(C)C3CCCCC3)ccc2c1. The van der Waals surface area contributed by atoms with Crippen LogP contribution in [0.4, 0.5) is 0 Å². The smallest absolute Gasteiger partial charge is 0.331 e. The van der Waals surface area contributed by atoms with Gasteiger partial charge >= 0.3 is 5.97 Å². The molecule has 0 radical (unpaired) electrons. The van der Waals surface area contributed by atoms with Crippen LogP contribution in [0.5, 0.6) is 5.75 Å².